The van der Waals surface area contributed by atoms with Gasteiger partial charge in [0, 0.05) is 0 Å². The zero-order chi connectivity index (χ0) is 18.4. The second-order valence-electron chi connectivity index (χ2n) is 7.88. The van der Waals surface area contributed by atoms with Crippen LogP contribution in [0, 0.1) is 17.3 Å². The van der Waals surface area contributed by atoms with Crippen LogP contribution in [0.4, 0.5) is 0 Å². The van der Waals surface area contributed by atoms with Gasteiger partial charge in [-0.05, 0) is 85.0 Å². The number of aliphatic hydroxyl groups excluding tert-OH is 1. The van der Waals surface area contributed by atoms with E-state index in [1.165, 1.54) is 30.4 Å². The van der Waals surface area contributed by atoms with Crippen molar-refractivity contribution in [1.29, 1.82) is 0 Å². The molecule has 0 bridgehead atoms. The molecular weight excluding hydrogens is 344 g/mol. The molecule has 0 heterocycles. The van der Waals surface area contributed by atoms with Gasteiger partial charge < -0.3 is 10.2 Å². The fraction of sp³-hybridized carbons (Fsp3) is 0.667. The summed E-state index contributed by atoms with van der Waals surface area (Å²) < 4.78 is 31.6. The third-order valence-corrected chi connectivity index (χ3v) is 6.66. The number of hydrogen-bond donors (Lipinski definition) is 4. The van der Waals surface area contributed by atoms with Crippen molar-refractivity contribution >= 4 is 10.4 Å². The maximum absolute atomic E-state index is 10.4. The summed E-state index contributed by atoms with van der Waals surface area (Å²) >= 11 is 0. The number of phenolic OH excluding ortho intramolecular Hbond substituents is 1. The highest BCUT2D eigenvalue weighted by molar-refractivity contribution is 7.79. The summed E-state index contributed by atoms with van der Waals surface area (Å²) in [6.07, 6.45) is 6.78. The normalized spacial score (nSPS) is 36.5. The number of aromatic hydroxyl groups is 1. The van der Waals surface area contributed by atoms with Crippen LogP contribution in [0.1, 0.15) is 56.1 Å². The third-order valence-electron chi connectivity index (χ3n) is 6.66. The molecule has 25 heavy (non-hydrogen) atoms. The molecule has 1 unspecified atom stereocenters. The Kier molecular flexibility index (Phi) is 4.87. The van der Waals surface area contributed by atoms with E-state index in [0.29, 0.717) is 17.6 Å². The number of aliphatic hydroxyl groups is 1. The van der Waals surface area contributed by atoms with Gasteiger partial charge in [0.15, 0.2) is 0 Å². The van der Waals surface area contributed by atoms with Crippen molar-refractivity contribution in [2.75, 3.05) is 0 Å². The van der Waals surface area contributed by atoms with Gasteiger partial charge >= 0.3 is 10.4 Å². The van der Waals surface area contributed by atoms with Crippen molar-refractivity contribution in [3.63, 3.8) is 0 Å². The van der Waals surface area contributed by atoms with Crippen LogP contribution in [0.25, 0.3) is 0 Å². The van der Waals surface area contributed by atoms with Crippen molar-refractivity contribution in [2.24, 2.45) is 17.3 Å². The molecule has 3 aliphatic carbocycles. The molecule has 0 aliphatic heterocycles. The van der Waals surface area contributed by atoms with Gasteiger partial charge in [0.1, 0.15) is 5.75 Å². The molecule has 2 fully saturated rings. The molecule has 4 rings (SSSR count). The lowest BCUT2D eigenvalue weighted by atomic mass is 9.55. The van der Waals surface area contributed by atoms with Gasteiger partial charge in [-0.15, -0.1) is 0 Å². The minimum absolute atomic E-state index is 0.0883. The van der Waals surface area contributed by atoms with Gasteiger partial charge in [0.05, 0.1) is 6.10 Å². The zero-order valence-corrected chi connectivity index (χ0v) is 15.1. The van der Waals surface area contributed by atoms with E-state index in [1.807, 2.05) is 12.1 Å². The molecule has 5 atom stereocenters. The molecule has 0 spiro atoms. The first kappa shape index (κ1) is 18.6. The lowest BCUT2D eigenvalue weighted by Gasteiger charge is -2.50. The Hall–Kier alpha value is -1.15. The minimum Gasteiger partial charge on any atom is -0.508 e. The molecule has 0 amide bonds. The van der Waals surface area contributed by atoms with E-state index >= 15 is 0 Å². The predicted molar refractivity (Wildman–Crippen MR) is 92.9 cm³/mol. The van der Waals surface area contributed by atoms with E-state index in [9.17, 15) is 10.2 Å². The molecule has 6 nitrogen and oxygen atoms in total. The number of hydrogen-bond acceptors (Lipinski definition) is 4. The average molecular weight is 370 g/mol. The summed E-state index contributed by atoms with van der Waals surface area (Å²) in [4.78, 5) is 0. The summed E-state index contributed by atoms with van der Waals surface area (Å²) in [6, 6.07) is 5.96. The highest BCUT2D eigenvalue weighted by atomic mass is 32.3. The van der Waals surface area contributed by atoms with Crippen molar-refractivity contribution in [2.45, 2.75) is 57.5 Å². The second-order valence-corrected chi connectivity index (χ2v) is 8.78. The lowest BCUT2D eigenvalue weighted by Crippen LogP contribution is -2.43. The first-order valence-corrected chi connectivity index (χ1v) is 10.2. The van der Waals surface area contributed by atoms with Crippen LogP contribution < -0.4 is 0 Å². The fourth-order valence-electron chi connectivity index (χ4n) is 5.54. The summed E-state index contributed by atoms with van der Waals surface area (Å²) in [5.74, 6) is 2.49. The Morgan fingerprint density at radius 1 is 1.12 bits per heavy atom. The van der Waals surface area contributed by atoms with Crippen molar-refractivity contribution < 1.29 is 27.7 Å². The summed E-state index contributed by atoms with van der Waals surface area (Å²) in [7, 11) is -4.67. The molecule has 0 radical (unpaired) electrons. The van der Waals surface area contributed by atoms with Crippen LogP contribution in [-0.4, -0.2) is 33.8 Å². The number of aryl methyl sites for hydroxylation is 1. The summed E-state index contributed by atoms with van der Waals surface area (Å²) in [5.41, 5.74) is 2.99. The molecule has 0 saturated heterocycles. The number of phenols is 1. The van der Waals surface area contributed by atoms with E-state index in [1.54, 1.807) is 0 Å². The van der Waals surface area contributed by atoms with Gasteiger partial charge in [-0.3, -0.25) is 9.11 Å². The highest BCUT2D eigenvalue weighted by Gasteiger charge is 2.54. The van der Waals surface area contributed by atoms with E-state index in [0.717, 1.165) is 25.2 Å². The van der Waals surface area contributed by atoms with Crippen LogP contribution in [0.2, 0.25) is 0 Å². The molecule has 1 aromatic carbocycles. The molecule has 4 N–H and O–H groups in total. The second kappa shape index (κ2) is 6.54. The van der Waals surface area contributed by atoms with Gasteiger partial charge in [-0.2, -0.15) is 8.42 Å². The van der Waals surface area contributed by atoms with Crippen molar-refractivity contribution in [3.8, 4) is 5.75 Å². The van der Waals surface area contributed by atoms with Crippen molar-refractivity contribution in [3.05, 3.63) is 29.3 Å². The molecule has 1 aromatic rings. The Bertz CT molecular complexity index is 738. The fourth-order valence-corrected chi connectivity index (χ4v) is 5.54. The van der Waals surface area contributed by atoms with E-state index in [2.05, 4.69) is 13.0 Å². The quantitative estimate of drug-likeness (QED) is 0.522. The van der Waals surface area contributed by atoms with Crippen LogP contribution in [0.3, 0.4) is 0 Å². The van der Waals surface area contributed by atoms with Gasteiger partial charge in [-0.1, -0.05) is 13.0 Å². The topological polar surface area (TPSA) is 115 Å². The molecular formula is C18H26O6S. The third kappa shape index (κ3) is 3.69. The molecule has 140 valence electrons. The Balaban J connectivity index is 0.000000324. The van der Waals surface area contributed by atoms with Crippen LogP contribution >= 0.6 is 0 Å². The molecule has 7 heteroatoms. The maximum atomic E-state index is 10.4. The van der Waals surface area contributed by atoms with E-state index < -0.39 is 10.4 Å². The number of rotatable bonds is 0. The van der Waals surface area contributed by atoms with Crippen LogP contribution in [-0.2, 0) is 16.8 Å². The first-order chi connectivity index (χ1) is 11.6. The van der Waals surface area contributed by atoms with Gasteiger partial charge in [0.2, 0.25) is 0 Å². The van der Waals surface area contributed by atoms with Crippen LogP contribution in [0.5, 0.6) is 5.75 Å². The monoisotopic (exact) mass is 370 g/mol. The lowest BCUT2D eigenvalue weighted by molar-refractivity contribution is -0.0226. The minimum atomic E-state index is -4.67. The highest BCUT2D eigenvalue weighted by Crippen LogP contribution is 2.60. The average Bonchev–Trinajstić information content (AvgIpc) is 2.81. The Labute approximate surface area is 148 Å². The van der Waals surface area contributed by atoms with Crippen LogP contribution in [0.15, 0.2) is 18.2 Å². The largest absolute Gasteiger partial charge is 0.508 e. The first-order valence-electron chi connectivity index (χ1n) is 8.79. The predicted octanol–water partition coefficient (Wildman–Crippen LogP) is 2.96. The molecule has 2 saturated carbocycles. The van der Waals surface area contributed by atoms with Crippen molar-refractivity contribution in [1.82, 2.24) is 0 Å². The maximum Gasteiger partial charge on any atom is 0.394 e. The van der Waals surface area contributed by atoms with Gasteiger partial charge in [-0.25, -0.2) is 0 Å². The van der Waals surface area contributed by atoms with E-state index in [4.69, 9.17) is 17.5 Å². The standard InChI is InChI=1S/C18H24O2.H2O4S/c1-18-9-8-14-13-5-3-12(19)10-11(13)2-4-15(14)16(18)6-7-17(18)20;1-5(2,3)4/h3,5,10,14-17,19-20H,2,4,6-9H2,1H3;(H2,1,2,3,4)/t14-,15-,16-,17?,18+;/m1./s1. The van der Waals surface area contributed by atoms with Gasteiger partial charge in [0.25, 0.3) is 0 Å². The Morgan fingerprint density at radius 3 is 2.48 bits per heavy atom. The number of benzene rings is 1. The molecule has 0 aromatic heterocycles. The summed E-state index contributed by atoms with van der Waals surface area (Å²) in [5, 5.41) is 20.0. The zero-order valence-electron chi connectivity index (χ0n) is 14.3. The smallest absolute Gasteiger partial charge is 0.394 e. The van der Waals surface area contributed by atoms with E-state index in [-0.39, 0.29) is 11.5 Å². The summed E-state index contributed by atoms with van der Waals surface area (Å²) in [6.45, 7) is 2.32. The number of fused-ring (bicyclic) bond motifs is 5. The Morgan fingerprint density at radius 2 is 1.80 bits per heavy atom. The molecule has 3 aliphatic rings. The SMILES string of the molecule is C[C@]12CC[C@@H]3c4ccc(O)cc4CC[C@H]3[C@H]1CCC2O.O=S(=O)(O)O.